The van der Waals surface area contributed by atoms with Crippen molar-refractivity contribution in [3.05, 3.63) is 0 Å². The first kappa shape index (κ1) is 14.0. The minimum atomic E-state index is 0.0477. The first-order chi connectivity index (χ1) is 7.24. The summed E-state index contributed by atoms with van der Waals surface area (Å²) in [5.41, 5.74) is 7.48. The third kappa shape index (κ3) is 3.48. The van der Waals surface area contributed by atoms with E-state index in [-0.39, 0.29) is 5.54 Å². The van der Waals surface area contributed by atoms with Gasteiger partial charge >= 0.3 is 0 Å². The van der Waals surface area contributed by atoms with E-state index in [0.717, 1.165) is 0 Å². The van der Waals surface area contributed by atoms with Crippen molar-refractivity contribution in [2.45, 2.75) is 85.1 Å². The summed E-state index contributed by atoms with van der Waals surface area (Å²) >= 11 is 0. The van der Waals surface area contributed by atoms with Gasteiger partial charge in [-0.05, 0) is 49.9 Å². The van der Waals surface area contributed by atoms with E-state index in [1.54, 1.807) is 0 Å². The summed E-state index contributed by atoms with van der Waals surface area (Å²) in [5, 5.41) is 0. The van der Waals surface area contributed by atoms with Gasteiger partial charge < -0.3 is 5.73 Å². The molecule has 96 valence electrons. The van der Waals surface area contributed by atoms with E-state index in [4.69, 9.17) is 5.73 Å². The van der Waals surface area contributed by atoms with Crippen molar-refractivity contribution in [2.24, 2.45) is 16.6 Å². The zero-order valence-corrected chi connectivity index (χ0v) is 12.0. The standard InChI is InChI=1S/C15H31N/c1-6-8-15(9-7-2)11-13(3,4)10-14(5,16)12-15/h6-12,16H2,1-5H3/t14-/m0/s1. The molecule has 1 fully saturated rings. The molecule has 0 bridgehead atoms. The van der Waals surface area contributed by atoms with Gasteiger partial charge in [-0.1, -0.05) is 40.5 Å². The molecule has 1 atom stereocenters. The molecule has 0 aromatic carbocycles. The molecule has 1 aliphatic carbocycles. The van der Waals surface area contributed by atoms with E-state index in [2.05, 4.69) is 34.6 Å². The van der Waals surface area contributed by atoms with Crippen molar-refractivity contribution in [1.29, 1.82) is 0 Å². The van der Waals surface area contributed by atoms with Gasteiger partial charge in [-0.3, -0.25) is 0 Å². The number of nitrogens with two attached hydrogens (primary N) is 1. The van der Waals surface area contributed by atoms with E-state index < -0.39 is 0 Å². The highest BCUT2D eigenvalue weighted by molar-refractivity contribution is 5.01. The molecule has 0 unspecified atom stereocenters. The van der Waals surface area contributed by atoms with Gasteiger partial charge in [0.2, 0.25) is 0 Å². The minimum Gasteiger partial charge on any atom is -0.325 e. The average Bonchev–Trinajstić information content (AvgIpc) is 1.97. The van der Waals surface area contributed by atoms with Crippen LogP contribution in [0.1, 0.15) is 79.6 Å². The molecule has 0 aliphatic heterocycles. The fourth-order valence-electron chi connectivity index (χ4n) is 4.69. The van der Waals surface area contributed by atoms with Crippen LogP contribution in [0.15, 0.2) is 0 Å². The molecule has 0 aromatic heterocycles. The first-order valence-corrected chi connectivity index (χ1v) is 7.03. The predicted octanol–water partition coefficient (Wildman–Crippen LogP) is 4.50. The smallest absolute Gasteiger partial charge is 0.0136 e. The van der Waals surface area contributed by atoms with Gasteiger partial charge in [0.25, 0.3) is 0 Å². The zero-order valence-electron chi connectivity index (χ0n) is 12.0. The van der Waals surface area contributed by atoms with E-state index in [0.29, 0.717) is 10.8 Å². The van der Waals surface area contributed by atoms with E-state index in [1.165, 1.54) is 44.9 Å². The van der Waals surface area contributed by atoms with E-state index >= 15 is 0 Å². The van der Waals surface area contributed by atoms with Crippen LogP contribution in [0.5, 0.6) is 0 Å². The lowest BCUT2D eigenvalue weighted by molar-refractivity contribution is 0.0173. The van der Waals surface area contributed by atoms with Crippen molar-refractivity contribution in [3.63, 3.8) is 0 Å². The highest BCUT2D eigenvalue weighted by Gasteiger charge is 2.46. The van der Waals surface area contributed by atoms with Crippen molar-refractivity contribution in [3.8, 4) is 0 Å². The van der Waals surface area contributed by atoms with Crippen LogP contribution in [-0.2, 0) is 0 Å². The summed E-state index contributed by atoms with van der Waals surface area (Å²) < 4.78 is 0. The Morgan fingerprint density at radius 3 is 1.75 bits per heavy atom. The molecule has 0 heterocycles. The Bertz CT molecular complexity index is 204. The molecule has 1 saturated carbocycles. The van der Waals surface area contributed by atoms with E-state index in [1.807, 2.05) is 0 Å². The molecule has 0 spiro atoms. The summed E-state index contributed by atoms with van der Waals surface area (Å²) in [6.45, 7) is 11.7. The summed E-state index contributed by atoms with van der Waals surface area (Å²) in [6, 6.07) is 0. The Balaban J connectivity index is 2.90. The van der Waals surface area contributed by atoms with Crippen LogP contribution in [-0.4, -0.2) is 5.54 Å². The summed E-state index contributed by atoms with van der Waals surface area (Å²) in [7, 11) is 0. The van der Waals surface area contributed by atoms with Gasteiger partial charge in [-0.15, -0.1) is 0 Å². The van der Waals surface area contributed by atoms with Crippen molar-refractivity contribution in [2.75, 3.05) is 0 Å². The van der Waals surface area contributed by atoms with Crippen LogP contribution in [0.25, 0.3) is 0 Å². The van der Waals surface area contributed by atoms with Gasteiger partial charge in [0.1, 0.15) is 0 Å². The molecule has 0 saturated heterocycles. The second-order valence-electron chi connectivity index (χ2n) is 7.35. The number of hydrogen-bond donors (Lipinski definition) is 1. The molecule has 16 heavy (non-hydrogen) atoms. The highest BCUT2D eigenvalue weighted by Crippen LogP contribution is 2.53. The largest absolute Gasteiger partial charge is 0.325 e. The Labute approximate surface area is 102 Å². The third-order valence-electron chi connectivity index (χ3n) is 4.08. The normalized spacial score (nSPS) is 32.6. The van der Waals surface area contributed by atoms with Crippen LogP contribution < -0.4 is 5.73 Å². The molecule has 2 N–H and O–H groups in total. The van der Waals surface area contributed by atoms with Gasteiger partial charge in [-0.2, -0.15) is 0 Å². The fourth-order valence-corrected chi connectivity index (χ4v) is 4.69. The summed E-state index contributed by atoms with van der Waals surface area (Å²) in [5.74, 6) is 0. The first-order valence-electron chi connectivity index (χ1n) is 7.03. The minimum absolute atomic E-state index is 0.0477. The monoisotopic (exact) mass is 225 g/mol. The van der Waals surface area contributed by atoms with Crippen LogP contribution in [0.2, 0.25) is 0 Å². The van der Waals surface area contributed by atoms with Crippen molar-refractivity contribution >= 4 is 0 Å². The maximum atomic E-state index is 6.49. The van der Waals surface area contributed by atoms with Gasteiger partial charge in [0, 0.05) is 5.54 Å². The molecule has 0 amide bonds. The maximum Gasteiger partial charge on any atom is 0.0136 e. The maximum absolute atomic E-state index is 6.49. The third-order valence-corrected chi connectivity index (χ3v) is 4.08. The highest BCUT2D eigenvalue weighted by atomic mass is 14.8. The summed E-state index contributed by atoms with van der Waals surface area (Å²) in [4.78, 5) is 0. The van der Waals surface area contributed by atoms with Crippen LogP contribution in [0, 0.1) is 10.8 Å². The predicted molar refractivity (Wildman–Crippen MR) is 72.5 cm³/mol. The molecule has 0 radical (unpaired) electrons. The molecule has 1 rings (SSSR count). The van der Waals surface area contributed by atoms with Gasteiger partial charge in [0.15, 0.2) is 0 Å². The number of rotatable bonds is 4. The zero-order chi connectivity index (χ0) is 12.4. The lowest BCUT2D eigenvalue weighted by Gasteiger charge is -2.52. The second kappa shape index (κ2) is 4.68. The Kier molecular flexibility index (Phi) is 4.10. The number of hydrogen-bond acceptors (Lipinski definition) is 1. The second-order valence-corrected chi connectivity index (χ2v) is 7.35. The molecular formula is C15H31N. The Morgan fingerprint density at radius 2 is 1.38 bits per heavy atom. The SMILES string of the molecule is CCCC1(CCC)CC(C)(C)C[C@](C)(N)C1. The lowest BCUT2D eigenvalue weighted by Crippen LogP contribution is -2.51. The van der Waals surface area contributed by atoms with Gasteiger partial charge in [0.05, 0.1) is 0 Å². The average molecular weight is 225 g/mol. The van der Waals surface area contributed by atoms with Crippen molar-refractivity contribution in [1.82, 2.24) is 0 Å². The quantitative estimate of drug-likeness (QED) is 0.749. The van der Waals surface area contributed by atoms with Crippen LogP contribution in [0.3, 0.4) is 0 Å². The Morgan fingerprint density at radius 1 is 0.875 bits per heavy atom. The van der Waals surface area contributed by atoms with Gasteiger partial charge in [-0.25, -0.2) is 0 Å². The molecule has 1 nitrogen and oxygen atoms in total. The molecule has 0 aromatic rings. The van der Waals surface area contributed by atoms with Crippen molar-refractivity contribution < 1.29 is 0 Å². The van der Waals surface area contributed by atoms with Crippen LogP contribution >= 0.6 is 0 Å². The Hall–Kier alpha value is -0.0400. The van der Waals surface area contributed by atoms with Crippen LogP contribution in [0.4, 0.5) is 0 Å². The molecular weight excluding hydrogens is 194 g/mol. The lowest BCUT2D eigenvalue weighted by atomic mass is 9.55. The van der Waals surface area contributed by atoms with E-state index in [9.17, 15) is 0 Å². The topological polar surface area (TPSA) is 26.0 Å². The fraction of sp³-hybridized carbons (Fsp3) is 1.00. The molecule has 1 heteroatoms. The summed E-state index contributed by atoms with van der Waals surface area (Å²) in [6.07, 6.45) is 9.08. The molecule has 1 aliphatic rings.